The molecule has 120 valence electrons. The van der Waals surface area contributed by atoms with Gasteiger partial charge in [0.05, 0.1) is 12.1 Å². The van der Waals surface area contributed by atoms with Crippen molar-refractivity contribution < 1.29 is 5.11 Å². The number of imidazole rings is 1. The van der Waals surface area contributed by atoms with Gasteiger partial charge in [-0.05, 0) is 25.5 Å². The van der Waals surface area contributed by atoms with Crippen molar-refractivity contribution in [2.75, 3.05) is 13.6 Å². The lowest BCUT2D eigenvalue weighted by atomic mass is 9.97. The lowest BCUT2D eigenvalue weighted by molar-refractivity contribution is 0.000623. The average molecular weight is 301 g/mol. The maximum atomic E-state index is 10.5. The highest BCUT2D eigenvalue weighted by molar-refractivity contribution is 5.15. The Morgan fingerprint density at radius 3 is 2.50 bits per heavy atom. The second-order valence-electron chi connectivity index (χ2n) is 6.06. The van der Waals surface area contributed by atoms with E-state index in [2.05, 4.69) is 38.7 Å². The molecular weight excluding hydrogens is 274 g/mol. The molecule has 4 nitrogen and oxygen atoms in total. The summed E-state index contributed by atoms with van der Waals surface area (Å²) in [6.07, 6.45) is 5.40. The molecule has 0 aliphatic rings. The van der Waals surface area contributed by atoms with Crippen LogP contribution in [0.15, 0.2) is 42.7 Å². The Kier molecular flexibility index (Phi) is 5.75. The molecule has 4 heteroatoms. The molecule has 1 heterocycles. The highest BCUT2D eigenvalue weighted by Gasteiger charge is 2.24. The number of benzene rings is 1. The van der Waals surface area contributed by atoms with Gasteiger partial charge in [0.25, 0.3) is 0 Å². The van der Waals surface area contributed by atoms with Crippen LogP contribution in [0.25, 0.3) is 0 Å². The predicted octanol–water partition coefficient (Wildman–Crippen LogP) is 2.91. The SMILES string of the molecule is CCC(O)(CC)CN(C)Cc1nccn1Cc1ccccc1. The molecule has 0 fully saturated rings. The van der Waals surface area contributed by atoms with Crippen molar-refractivity contribution in [1.29, 1.82) is 0 Å². The summed E-state index contributed by atoms with van der Waals surface area (Å²) >= 11 is 0. The van der Waals surface area contributed by atoms with Crippen LogP contribution in [0.4, 0.5) is 0 Å². The molecule has 0 radical (unpaired) electrons. The minimum Gasteiger partial charge on any atom is -0.389 e. The van der Waals surface area contributed by atoms with Gasteiger partial charge in [-0.25, -0.2) is 4.98 Å². The quantitative estimate of drug-likeness (QED) is 0.815. The summed E-state index contributed by atoms with van der Waals surface area (Å²) in [5.74, 6) is 1.03. The molecule has 0 saturated carbocycles. The maximum absolute atomic E-state index is 10.5. The number of hydrogen-bond acceptors (Lipinski definition) is 3. The molecule has 0 aliphatic carbocycles. The number of hydrogen-bond donors (Lipinski definition) is 1. The predicted molar refractivity (Wildman–Crippen MR) is 89.6 cm³/mol. The Balaban J connectivity index is 2.00. The molecule has 0 atom stereocenters. The second-order valence-corrected chi connectivity index (χ2v) is 6.06. The first-order valence-electron chi connectivity index (χ1n) is 8.01. The van der Waals surface area contributed by atoms with E-state index in [0.717, 1.165) is 31.8 Å². The molecular formula is C18H27N3O. The van der Waals surface area contributed by atoms with Crippen LogP contribution in [0, 0.1) is 0 Å². The van der Waals surface area contributed by atoms with Gasteiger partial charge in [0, 0.05) is 25.5 Å². The van der Waals surface area contributed by atoms with Gasteiger partial charge < -0.3 is 9.67 Å². The topological polar surface area (TPSA) is 41.3 Å². The van der Waals surface area contributed by atoms with Crippen molar-refractivity contribution >= 4 is 0 Å². The normalized spacial score (nSPS) is 12.0. The first-order valence-corrected chi connectivity index (χ1v) is 8.01. The first-order chi connectivity index (χ1) is 10.6. The van der Waals surface area contributed by atoms with Gasteiger partial charge in [-0.1, -0.05) is 44.2 Å². The van der Waals surface area contributed by atoms with Gasteiger partial charge in [-0.3, -0.25) is 4.90 Å². The van der Waals surface area contributed by atoms with Gasteiger partial charge in [0.2, 0.25) is 0 Å². The fourth-order valence-electron chi connectivity index (χ4n) is 2.69. The summed E-state index contributed by atoms with van der Waals surface area (Å²) in [6, 6.07) is 10.4. The summed E-state index contributed by atoms with van der Waals surface area (Å²) in [6.45, 7) is 6.30. The Bertz CT molecular complexity index is 561. The molecule has 2 rings (SSSR count). The molecule has 0 saturated heterocycles. The number of nitrogens with zero attached hydrogens (tertiary/aromatic N) is 3. The van der Waals surface area contributed by atoms with E-state index in [4.69, 9.17) is 0 Å². The molecule has 22 heavy (non-hydrogen) atoms. The largest absolute Gasteiger partial charge is 0.389 e. The highest BCUT2D eigenvalue weighted by Crippen LogP contribution is 2.17. The molecule has 0 spiro atoms. The van der Waals surface area contributed by atoms with Crippen molar-refractivity contribution in [3.05, 3.63) is 54.1 Å². The summed E-state index contributed by atoms with van der Waals surface area (Å²) in [7, 11) is 2.04. The minimum atomic E-state index is -0.606. The lowest BCUT2D eigenvalue weighted by Gasteiger charge is -2.30. The number of aromatic nitrogens is 2. The van der Waals surface area contributed by atoms with Crippen LogP contribution >= 0.6 is 0 Å². The Hall–Kier alpha value is -1.65. The zero-order valence-corrected chi connectivity index (χ0v) is 13.9. The van der Waals surface area contributed by atoms with Crippen molar-refractivity contribution in [2.24, 2.45) is 0 Å². The summed E-state index contributed by atoms with van der Waals surface area (Å²) < 4.78 is 2.17. The van der Waals surface area contributed by atoms with Crippen LogP contribution in [-0.4, -0.2) is 38.8 Å². The molecule has 0 amide bonds. The fraction of sp³-hybridized carbons (Fsp3) is 0.500. The van der Waals surface area contributed by atoms with Crippen molar-refractivity contribution in [1.82, 2.24) is 14.5 Å². The van der Waals surface area contributed by atoms with Crippen LogP contribution in [0.3, 0.4) is 0 Å². The van der Waals surface area contributed by atoms with Gasteiger partial charge in [-0.15, -0.1) is 0 Å². The van der Waals surface area contributed by atoms with E-state index in [1.807, 2.05) is 39.4 Å². The number of likely N-dealkylation sites (N-methyl/N-ethyl adjacent to an activating group) is 1. The molecule has 1 aromatic carbocycles. The number of rotatable bonds is 8. The third-order valence-corrected chi connectivity index (χ3v) is 4.29. The maximum Gasteiger partial charge on any atom is 0.123 e. The summed E-state index contributed by atoms with van der Waals surface area (Å²) in [4.78, 5) is 6.62. The van der Waals surface area contributed by atoms with E-state index in [1.165, 1.54) is 5.56 Å². The number of aliphatic hydroxyl groups is 1. The van der Waals surface area contributed by atoms with Gasteiger partial charge in [-0.2, -0.15) is 0 Å². The monoisotopic (exact) mass is 301 g/mol. The minimum absolute atomic E-state index is 0.606. The van der Waals surface area contributed by atoms with Gasteiger partial charge in [0.1, 0.15) is 5.82 Å². The van der Waals surface area contributed by atoms with Crippen LogP contribution in [-0.2, 0) is 13.1 Å². The Labute approximate surface area is 133 Å². The molecule has 2 aromatic rings. The van der Waals surface area contributed by atoms with E-state index < -0.39 is 5.60 Å². The molecule has 1 N–H and O–H groups in total. The van der Waals surface area contributed by atoms with E-state index in [1.54, 1.807) is 0 Å². The van der Waals surface area contributed by atoms with Crippen LogP contribution in [0.2, 0.25) is 0 Å². The fourth-order valence-corrected chi connectivity index (χ4v) is 2.69. The first kappa shape index (κ1) is 16.7. The van der Waals surface area contributed by atoms with E-state index in [9.17, 15) is 5.11 Å². The molecule has 1 aromatic heterocycles. The van der Waals surface area contributed by atoms with Crippen LogP contribution in [0.5, 0.6) is 0 Å². The Morgan fingerprint density at radius 2 is 1.86 bits per heavy atom. The van der Waals surface area contributed by atoms with Crippen LogP contribution in [0.1, 0.15) is 38.1 Å². The third kappa shape index (κ3) is 4.42. The third-order valence-electron chi connectivity index (χ3n) is 4.29. The zero-order valence-electron chi connectivity index (χ0n) is 13.9. The van der Waals surface area contributed by atoms with Crippen molar-refractivity contribution in [3.8, 4) is 0 Å². The van der Waals surface area contributed by atoms with E-state index in [0.29, 0.717) is 6.54 Å². The molecule has 0 bridgehead atoms. The average Bonchev–Trinajstić information content (AvgIpc) is 2.95. The summed E-state index contributed by atoms with van der Waals surface area (Å²) in [5, 5.41) is 10.5. The van der Waals surface area contributed by atoms with E-state index in [-0.39, 0.29) is 0 Å². The smallest absolute Gasteiger partial charge is 0.123 e. The Morgan fingerprint density at radius 1 is 1.18 bits per heavy atom. The molecule has 0 unspecified atom stereocenters. The highest BCUT2D eigenvalue weighted by atomic mass is 16.3. The lowest BCUT2D eigenvalue weighted by Crippen LogP contribution is -2.40. The zero-order chi connectivity index (χ0) is 16.0. The van der Waals surface area contributed by atoms with E-state index >= 15 is 0 Å². The van der Waals surface area contributed by atoms with Crippen molar-refractivity contribution in [2.45, 2.75) is 45.4 Å². The van der Waals surface area contributed by atoms with Gasteiger partial charge >= 0.3 is 0 Å². The van der Waals surface area contributed by atoms with Gasteiger partial charge in [0.15, 0.2) is 0 Å². The second kappa shape index (κ2) is 7.56. The van der Waals surface area contributed by atoms with Crippen LogP contribution < -0.4 is 0 Å². The summed E-state index contributed by atoms with van der Waals surface area (Å²) in [5.41, 5.74) is 0.661. The molecule has 0 aliphatic heterocycles. The standard InChI is InChI=1S/C18H27N3O/c1-4-18(22,5-2)15-20(3)14-17-19-11-12-21(17)13-16-9-7-6-8-10-16/h6-12,22H,4-5,13-15H2,1-3H3. The van der Waals surface area contributed by atoms with Crippen molar-refractivity contribution in [3.63, 3.8) is 0 Å².